The van der Waals surface area contributed by atoms with E-state index in [9.17, 15) is 4.79 Å². The summed E-state index contributed by atoms with van der Waals surface area (Å²) in [4.78, 5) is 32.6. The molecule has 0 aromatic heterocycles. The van der Waals surface area contributed by atoms with Crippen molar-refractivity contribution in [3.63, 3.8) is 0 Å². The van der Waals surface area contributed by atoms with Gasteiger partial charge in [0.1, 0.15) is 36.9 Å². The van der Waals surface area contributed by atoms with Crippen LogP contribution in [0, 0.1) is 10.8 Å². The third kappa shape index (κ3) is 9.39. The standard InChI is InChI=1S/C23H42O7/c1-11-20(3,4)22(7,8)29-27-17-13-15-25-19(24)26-16-14-18-28-30-23(9,10)21(5,6)12-2/h13-14,17-18H,11-12,15-16H2,1-10H3/b17-13+,18-14+. The van der Waals surface area contributed by atoms with Crippen LogP contribution in [0.3, 0.4) is 0 Å². The lowest BCUT2D eigenvalue weighted by atomic mass is 9.75. The number of ether oxygens (including phenoxy) is 2. The maximum atomic E-state index is 11.5. The van der Waals surface area contributed by atoms with Crippen LogP contribution in [0.1, 0.15) is 82.1 Å². The van der Waals surface area contributed by atoms with Crippen molar-refractivity contribution in [2.75, 3.05) is 13.2 Å². The van der Waals surface area contributed by atoms with Crippen LogP contribution in [-0.4, -0.2) is 30.6 Å². The highest BCUT2D eigenvalue weighted by Crippen LogP contribution is 2.37. The van der Waals surface area contributed by atoms with Gasteiger partial charge in [-0.2, -0.15) is 9.78 Å². The summed E-state index contributed by atoms with van der Waals surface area (Å²) in [6.45, 7) is 20.5. The maximum absolute atomic E-state index is 11.5. The lowest BCUT2D eigenvalue weighted by molar-refractivity contribution is -0.342. The van der Waals surface area contributed by atoms with E-state index in [4.69, 9.17) is 29.0 Å². The summed E-state index contributed by atoms with van der Waals surface area (Å²) in [6.07, 6.45) is 6.80. The Bertz CT molecular complexity index is 512. The molecule has 0 N–H and O–H groups in total. The number of carbonyl (C=O) groups is 1. The number of carbonyl (C=O) groups excluding carboxylic acids is 1. The van der Waals surface area contributed by atoms with Gasteiger partial charge < -0.3 is 19.2 Å². The Morgan fingerprint density at radius 2 is 1.00 bits per heavy atom. The molecule has 0 amide bonds. The van der Waals surface area contributed by atoms with Crippen molar-refractivity contribution >= 4 is 6.16 Å². The molecule has 0 saturated heterocycles. The minimum Gasteiger partial charge on any atom is -0.430 e. The first kappa shape index (κ1) is 28.3. The van der Waals surface area contributed by atoms with Gasteiger partial charge in [0.05, 0.1) is 0 Å². The fourth-order valence-corrected chi connectivity index (χ4v) is 1.80. The van der Waals surface area contributed by atoms with Crippen LogP contribution in [0.4, 0.5) is 4.79 Å². The molecule has 0 rings (SSSR count). The van der Waals surface area contributed by atoms with Crippen LogP contribution in [0.15, 0.2) is 24.7 Å². The molecule has 0 spiro atoms. The van der Waals surface area contributed by atoms with E-state index in [0.717, 1.165) is 12.8 Å². The topological polar surface area (TPSA) is 72.5 Å². The molecule has 0 radical (unpaired) electrons. The second-order valence-electron chi connectivity index (χ2n) is 9.47. The lowest BCUT2D eigenvalue weighted by Gasteiger charge is -2.38. The van der Waals surface area contributed by atoms with Crippen LogP contribution in [0.25, 0.3) is 0 Å². The van der Waals surface area contributed by atoms with Crippen molar-refractivity contribution in [2.45, 2.75) is 93.3 Å². The molecular formula is C23H42O7. The van der Waals surface area contributed by atoms with Gasteiger partial charge in [-0.25, -0.2) is 4.79 Å². The monoisotopic (exact) mass is 430 g/mol. The van der Waals surface area contributed by atoms with Gasteiger partial charge >= 0.3 is 6.16 Å². The van der Waals surface area contributed by atoms with E-state index in [0.29, 0.717) is 0 Å². The molecule has 0 aromatic carbocycles. The Morgan fingerprint density at radius 3 is 1.30 bits per heavy atom. The summed E-state index contributed by atoms with van der Waals surface area (Å²) in [5.41, 5.74) is -1.03. The van der Waals surface area contributed by atoms with Gasteiger partial charge in [-0.15, -0.1) is 0 Å². The molecular weight excluding hydrogens is 388 g/mol. The zero-order valence-electron chi connectivity index (χ0n) is 20.5. The van der Waals surface area contributed by atoms with E-state index in [1.165, 1.54) is 24.7 Å². The average molecular weight is 431 g/mol. The average Bonchev–Trinajstić information content (AvgIpc) is 2.66. The minimum absolute atomic E-state index is 0.00338. The molecule has 0 aliphatic carbocycles. The van der Waals surface area contributed by atoms with E-state index in [2.05, 4.69) is 41.5 Å². The largest absolute Gasteiger partial charge is 0.508 e. The van der Waals surface area contributed by atoms with Crippen LogP contribution >= 0.6 is 0 Å². The highest BCUT2D eigenvalue weighted by atomic mass is 17.2. The third-order valence-corrected chi connectivity index (χ3v) is 6.44. The number of hydrogen-bond donors (Lipinski definition) is 0. The van der Waals surface area contributed by atoms with Crippen molar-refractivity contribution in [1.82, 2.24) is 0 Å². The smallest absolute Gasteiger partial charge is 0.430 e. The first-order chi connectivity index (χ1) is 13.7. The second-order valence-corrected chi connectivity index (χ2v) is 9.47. The van der Waals surface area contributed by atoms with Crippen molar-refractivity contribution in [3.8, 4) is 0 Å². The van der Waals surface area contributed by atoms with Crippen molar-refractivity contribution < 1.29 is 33.8 Å². The van der Waals surface area contributed by atoms with E-state index in [-0.39, 0.29) is 24.0 Å². The highest BCUT2D eigenvalue weighted by molar-refractivity contribution is 5.60. The fraction of sp³-hybridized carbons (Fsp3) is 0.783. The molecule has 7 heteroatoms. The zero-order chi connectivity index (χ0) is 23.5. The molecule has 0 atom stereocenters. The van der Waals surface area contributed by atoms with Crippen molar-refractivity contribution in [3.05, 3.63) is 24.7 Å². The summed E-state index contributed by atoms with van der Waals surface area (Å²) in [7, 11) is 0. The van der Waals surface area contributed by atoms with Crippen LogP contribution in [0.2, 0.25) is 0 Å². The van der Waals surface area contributed by atoms with Gasteiger partial charge in [-0.05, 0) is 63.5 Å². The van der Waals surface area contributed by atoms with Gasteiger partial charge in [-0.1, -0.05) is 41.5 Å². The molecule has 30 heavy (non-hydrogen) atoms. The Labute approximate surface area is 182 Å². The van der Waals surface area contributed by atoms with E-state index >= 15 is 0 Å². The van der Waals surface area contributed by atoms with Gasteiger partial charge in [-0.3, -0.25) is 0 Å². The third-order valence-electron chi connectivity index (χ3n) is 6.44. The fourth-order valence-electron chi connectivity index (χ4n) is 1.80. The van der Waals surface area contributed by atoms with Crippen LogP contribution in [0.5, 0.6) is 0 Å². The molecule has 0 aromatic rings. The molecule has 0 bridgehead atoms. The number of rotatable bonds is 14. The van der Waals surface area contributed by atoms with E-state index < -0.39 is 17.4 Å². The van der Waals surface area contributed by atoms with E-state index in [1.54, 1.807) is 0 Å². The molecule has 0 heterocycles. The second kappa shape index (κ2) is 12.2. The SMILES string of the molecule is CCC(C)(C)C(C)(C)OO/C=C/COC(=O)OC/C=C/OOC(C)(C)C(C)(C)CC. The van der Waals surface area contributed by atoms with Crippen LogP contribution in [-0.2, 0) is 29.0 Å². The Balaban J connectivity index is 4.02. The first-order valence-corrected chi connectivity index (χ1v) is 10.5. The predicted molar refractivity (Wildman–Crippen MR) is 116 cm³/mol. The molecule has 0 saturated carbocycles. The maximum Gasteiger partial charge on any atom is 0.508 e. The van der Waals surface area contributed by atoms with Crippen molar-refractivity contribution in [2.24, 2.45) is 10.8 Å². The van der Waals surface area contributed by atoms with Gasteiger partial charge in [0.25, 0.3) is 0 Å². The lowest BCUT2D eigenvalue weighted by Crippen LogP contribution is -2.40. The summed E-state index contributed by atoms with van der Waals surface area (Å²) in [5.74, 6) is 0. The van der Waals surface area contributed by atoms with Gasteiger partial charge in [0, 0.05) is 0 Å². The summed E-state index contributed by atoms with van der Waals surface area (Å²) < 4.78 is 9.79. The molecule has 0 aliphatic rings. The van der Waals surface area contributed by atoms with E-state index in [1.807, 2.05) is 27.7 Å². The Hall–Kier alpha value is -1.73. The minimum atomic E-state index is -0.800. The normalized spacial score (nSPS) is 13.7. The Kier molecular flexibility index (Phi) is 11.5. The molecule has 0 unspecified atom stereocenters. The predicted octanol–water partition coefficient (Wildman–Crippen LogP) is 6.49. The molecule has 0 aliphatic heterocycles. The van der Waals surface area contributed by atoms with Crippen molar-refractivity contribution in [1.29, 1.82) is 0 Å². The molecule has 176 valence electrons. The summed E-state index contributed by atoms with van der Waals surface area (Å²) in [6, 6.07) is 0. The number of hydrogen-bond acceptors (Lipinski definition) is 7. The first-order valence-electron chi connectivity index (χ1n) is 10.5. The highest BCUT2D eigenvalue weighted by Gasteiger charge is 2.39. The van der Waals surface area contributed by atoms with Gasteiger partial charge in [0.15, 0.2) is 0 Å². The summed E-state index contributed by atoms with van der Waals surface area (Å²) >= 11 is 0. The Morgan fingerprint density at radius 1 is 0.667 bits per heavy atom. The van der Waals surface area contributed by atoms with Gasteiger partial charge in [0.2, 0.25) is 0 Å². The quantitative estimate of drug-likeness (QED) is 0.135. The summed E-state index contributed by atoms with van der Waals surface area (Å²) in [5, 5.41) is 0. The zero-order valence-corrected chi connectivity index (χ0v) is 20.5. The molecule has 7 nitrogen and oxygen atoms in total. The molecule has 0 fully saturated rings. The van der Waals surface area contributed by atoms with Crippen LogP contribution < -0.4 is 0 Å².